The average Bonchev–Trinajstić information content (AvgIpc) is 2.30. The first kappa shape index (κ1) is 9.23. The maximum absolute atomic E-state index is 8.87. The number of nitriles is 1. The zero-order valence-corrected chi connectivity index (χ0v) is 8.11. The van der Waals surface area contributed by atoms with E-state index in [4.69, 9.17) is 5.26 Å². The van der Waals surface area contributed by atoms with Crippen molar-refractivity contribution in [2.24, 2.45) is 5.92 Å². The molecule has 0 aliphatic carbocycles. The van der Waals surface area contributed by atoms with E-state index in [1.165, 1.54) is 5.56 Å². The Morgan fingerprint density at radius 1 is 1.21 bits per heavy atom. The quantitative estimate of drug-likeness (QED) is 0.727. The van der Waals surface area contributed by atoms with Crippen molar-refractivity contribution in [1.82, 2.24) is 5.32 Å². The number of rotatable bonds is 1. The third kappa shape index (κ3) is 1.94. The lowest BCUT2D eigenvalue weighted by Crippen LogP contribution is -2.34. The number of piperidine rings is 1. The van der Waals surface area contributed by atoms with Crippen LogP contribution >= 0.6 is 0 Å². The van der Waals surface area contributed by atoms with E-state index in [-0.39, 0.29) is 5.92 Å². The fraction of sp³-hybridized carbons (Fsp3) is 0.417. The Bertz CT molecular complexity index is 326. The fourth-order valence-electron chi connectivity index (χ4n) is 2.02. The molecule has 2 atom stereocenters. The van der Waals surface area contributed by atoms with Crippen molar-refractivity contribution in [2.45, 2.75) is 12.3 Å². The third-order valence-corrected chi connectivity index (χ3v) is 2.80. The third-order valence-electron chi connectivity index (χ3n) is 2.80. The SMILES string of the molecule is N#C[C@@H]1CNC[C@@H](c2ccccc2)C1. The van der Waals surface area contributed by atoms with E-state index in [0.29, 0.717) is 5.92 Å². The van der Waals surface area contributed by atoms with Gasteiger partial charge < -0.3 is 5.32 Å². The monoisotopic (exact) mass is 186 g/mol. The van der Waals surface area contributed by atoms with Gasteiger partial charge in [0.2, 0.25) is 0 Å². The minimum absolute atomic E-state index is 0.175. The Kier molecular flexibility index (Phi) is 2.81. The van der Waals surface area contributed by atoms with Crippen molar-refractivity contribution >= 4 is 0 Å². The van der Waals surface area contributed by atoms with Crippen molar-refractivity contribution < 1.29 is 0 Å². The van der Waals surface area contributed by atoms with Gasteiger partial charge in [0.25, 0.3) is 0 Å². The van der Waals surface area contributed by atoms with E-state index >= 15 is 0 Å². The topological polar surface area (TPSA) is 35.8 Å². The largest absolute Gasteiger partial charge is 0.315 e. The maximum atomic E-state index is 8.87. The van der Waals surface area contributed by atoms with Crippen LogP contribution in [0.15, 0.2) is 30.3 Å². The number of nitrogens with zero attached hydrogens (tertiary/aromatic N) is 1. The average molecular weight is 186 g/mol. The van der Waals surface area contributed by atoms with E-state index in [1.54, 1.807) is 0 Å². The van der Waals surface area contributed by atoms with Crippen molar-refractivity contribution in [3.63, 3.8) is 0 Å². The zero-order valence-electron chi connectivity index (χ0n) is 8.11. The number of nitrogens with one attached hydrogen (secondary N) is 1. The standard InChI is InChI=1S/C12H14N2/c13-7-10-6-12(9-14-8-10)11-4-2-1-3-5-11/h1-5,10,12,14H,6,8-9H2/t10-,12+/m1/s1. The second-order valence-corrected chi connectivity index (χ2v) is 3.83. The summed E-state index contributed by atoms with van der Waals surface area (Å²) in [5.74, 6) is 0.684. The normalized spacial score (nSPS) is 26.8. The highest BCUT2D eigenvalue weighted by atomic mass is 14.9. The molecule has 1 aliphatic rings. The van der Waals surface area contributed by atoms with Crippen LogP contribution in [0.3, 0.4) is 0 Å². The van der Waals surface area contributed by atoms with Crippen LogP contribution in [0, 0.1) is 17.2 Å². The fourth-order valence-corrected chi connectivity index (χ4v) is 2.02. The van der Waals surface area contributed by atoms with E-state index in [2.05, 4.69) is 35.7 Å². The first-order valence-corrected chi connectivity index (χ1v) is 5.05. The molecule has 1 fully saturated rings. The number of benzene rings is 1. The second-order valence-electron chi connectivity index (χ2n) is 3.83. The van der Waals surface area contributed by atoms with Crippen LogP contribution in [0.25, 0.3) is 0 Å². The molecule has 1 aromatic rings. The molecule has 2 heteroatoms. The van der Waals surface area contributed by atoms with Crippen LogP contribution in [-0.4, -0.2) is 13.1 Å². The van der Waals surface area contributed by atoms with Gasteiger partial charge in [-0.1, -0.05) is 30.3 Å². The van der Waals surface area contributed by atoms with Gasteiger partial charge in [-0.2, -0.15) is 5.26 Å². The summed E-state index contributed by atoms with van der Waals surface area (Å²) < 4.78 is 0. The van der Waals surface area contributed by atoms with Crippen molar-refractivity contribution in [3.8, 4) is 6.07 Å². The summed E-state index contributed by atoms with van der Waals surface area (Å²) >= 11 is 0. The molecular formula is C12H14N2. The highest BCUT2D eigenvalue weighted by Crippen LogP contribution is 2.25. The molecule has 2 nitrogen and oxygen atoms in total. The predicted octanol–water partition coefficient (Wildman–Crippen LogP) is 1.90. The van der Waals surface area contributed by atoms with Crippen LogP contribution in [0.5, 0.6) is 0 Å². The minimum Gasteiger partial charge on any atom is -0.315 e. The Hall–Kier alpha value is -1.33. The maximum Gasteiger partial charge on any atom is 0.0669 e. The Morgan fingerprint density at radius 2 is 2.00 bits per heavy atom. The summed E-state index contributed by atoms with van der Waals surface area (Å²) in [6.45, 7) is 1.85. The summed E-state index contributed by atoms with van der Waals surface area (Å²) in [4.78, 5) is 0. The first-order chi connectivity index (χ1) is 6.90. The van der Waals surface area contributed by atoms with Crippen LogP contribution < -0.4 is 5.32 Å². The molecule has 14 heavy (non-hydrogen) atoms. The lowest BCUT2D eigenvalue weighted by molar-refractivity contribution is 0.399. The number of hydrogen-bond acceptors (Lipinski definition) is 2. The van der Waals surface area contributed by atoms with E-state index < -0.39 is 0 Å². The summed E-state index contributed by atoms with van der Waals surface area (Å²) in [5, 5.41) is 12.2. The summed E-state index contributed by atoms with van der Waals surface area (Å²) in [5.41, 5.74) is 1.35. The molecule has 1 aliphatic heterocycles. The van der Waals surface area contributed by atoms with Gasteiger partial charge >= 0.3 is 0 Å². The first-order valence-electron chi connectivity index (χ1n) is 5.05. The second kappa shape index (κ2) is 4.26. The lowest BCUT2D eigenvalue weighted by atomic mass is 9.86. The van der Waals surface area contributed by atoms with Crippen LogP contribution in [0.1, 0.15) is 17.9 Å². The Balaban J connectivity index is 2.09. The van der Waals surface area contributed by atoms with Gasteiger partial charge in [-0.3, -0.25) is 0 Å². The summed E-state index contributed by atoms with van der Waals surface area (Å²) in [6, 6.07) is 12.8. The van der Waals surface area contributed by atoms with E-state index in [9.17, 15) is 0 Å². The molecule has 0 saturated carbocycles. The molecule has 0 radical (unpaired) electrons. The smallest absolute Gasteiger partial charge is 0.0669 e. The molecule has 1 N–H and O–H groups in total. The molecule has 0 spiro atoms. The van der Waals surface area contributed by atoms with Gasteiger partial charge in [0.1, 0.15) is 0 Å². The highest BCUT2D eigenvalue weighted by Gasteiger charge is 2.22. The van der Waals surface area contributed by atoms with Gasteiger partial charge in [0.15, 0.2) is 0 Å². The molecule has 0 bridgehead atoms. The summed E-state index contributed by atoms with van der Waals surface area (Å²) in [7, 11) is 0. The molecule has 0 unspecified atom stereocenters. The summed E-state index contributed by atoms with van der Waals surface area (Å²) in [6.07, 6.45) is 0.994. The molecule has 1 saturated heterocycles. The van der Waals surface area contributed by atoms with Gasteiger partial charge in [-0.15, -0.1) is 0 Å². The minimum atomic E-state index is 0.175. The molecule has 72 valence electrons. The van der Waals surface area contributed by atoms with Crippen molar-refractivity contribution in [2.75, 3.05) is 13.1 Å². The van der Waals surface area contributed by atoms with Crippen molar-refractivity contribution in [1.29, 1.82) is 5.26 Å². The molecule has 0 aromatic heterocycles. The van der Waals surface area contributed by atoms with Crippen molar-refractivity contribution in [3.05, 3.63) is 35.9 Å². The van der Waals surface area contributed by atoms with E-state index in [1.807, 2.05) is 6.07 Å². The lowest BCUT2D eigenvalue weighted by Gasteiger charge is -2.26. The Morgan fingerprint density at radius 3 is 2.71 bits per heavy atom. The molecular weight excluding hydrogens is 172 g/mol. The van der Waals surface area contributed by atoms with Gasteiger partial charge in [-0.05, 0) is 17.9 Å². The van der Waals surface area contributed by atoms with Gasteiger partial charge in [0, 0.05) is 13.1 Å². The molecule has 2 rings (SSSR count). The highest BCUT2D eigenvalue weighted by molar-refractivity contribution is 5.21. The van der Waals surface area contributed by atoms with Gasteiger partial charge in [0.05, 0.1) is 12.0 Å². The zero-order chi connectivity index (χ0) is 9.80. The van der Waals surface area contributed by atoms with E-state index in [0.717, 1.165) is 19.5 Å². The predicted molar refractivity (Wildman–Crippen MR) is 55.8 cm³/mol. The van der Waals surface area contributed by atoms with Crippen LogP contribution in [-0.2, 0) is 0 Å². The van der Waals surface area contributed by atoms with Crippen LogP contribution in [0.2, 0.25) is 0 Å². The van der Waals surface area contributed by atoms with Crippen LogP contribution in [0.4, 0.5) is 0 Å². The molecule has 0 amide bonds. The number of hydrogen-bond donors (Lipinski definition) is 1. The molecule has 1 heterocycles. The Labute approximate surface area is 84.6 Å². The van der Waals surface area contributed by atoms with Gasteiger partial charge in [-0.25, -0.2) is 0 Å². The molecule has 1 aromatic carbocycles.